The summed E-state index contributed by atoms with van der Waals surface area (Å²) in [5, 5.41) is 9.23. The lowest BCUT2D eigenvalue weighted by atomic mass is 10.1. The molecule has 0 radical (unpaired) electrons. The van der Waals surface area contributed by atoms with Gasteiger partial charge in [-0.25, -0.2) is 0 Å². The second-order valence-corrected chi connectivity index (χ2v) is 5.41. The van der Waals surface area contributed by atoms with Gasteiger partial charge in [-0.1, -0.05) is 12.1 Å². The third-order valence-corrected chi connectivity index (χ3v) is 3.21. The molecule has 0 aliphatic carbocycles. The molecule has 1 aromatic rings. The van der Waals surface area contributed by atoms with Gasteiger partial charge in [-0.05, 0) is 57.9 Å². The van der Waals surface area contributed by atoms with Crippen molar-refractivity contribution >= 4 is 0 Å². The molecule has 1 unspecified atom stereocenters. The summed E-state index contributed by atoms with van der Waals surface area (Å²) in [5.74, 6) is 0.992. The molecule has 0 fully saturated rings. The highest BCUT2D eigenvalue weighted by Crippen LogP contribution is 2.19. The molecule has 108 valence electrons. The summed E-state index contributed by atoms with van der Waals surface area (Å²) in [5.41, 5.74) is 2.42. The molecule has 19 heavy (non-hydrogen) atoms. The van der Waals surface area contributed by atoms with Crippen LogP contribution in [0.4, 0.5) is 0 Å². The number of aliphatic hydroxyl groups is 1. The molecular formula is C16H27NO2. The summed E-state index contributed by atoms with van der Waals surface area (Å²) < 4.78 is 5.82. The Morgan fingerprint density at radius 1 is 1.26 bits per heavy atom. The van der Waals surface area contributed by atoms with E-state index in [9.17, 15) is 5.11 Å². The van der Waals surface area contributed by atoms with Crippen molar-refractivity contribution in [3.05, 3.63) is 29.3 Å². The Morgan fingerprint density at radius 3 is 2.68 bits per heavy atom. The summed E-state index contributed by atoms with van der Waals surface area (Å²) in [6.07, 6.45) is 1.62. The van der Waals surface area contributed by atoms with Crippen molar-refractivity contribution in [2.75, 3.05) is 26.7 Å². The fourth-order valence-electron chi connectivity index (χ4n) is 1.90. The second-order valence-electron chi connectivity index (χ2n) is 5.41. The van der Waals surface area contributed by atoms with Crippen LogP contribution in [0.2, 0.25) is 0 Å². The van der Waals surface area contributed by atoms with Gasteiger partial charge in [-0.3, -0.25) is 0 Å². The normalized spacial score (nSPS) is 12.7. The molecule has 0 bridgehead atoms. The van der Waals surface area contributed by atoms with Crippen molar-refractivity contribution in [2.24, 2.45) is 0 Å². The molecule has 3 nitrogen and oxygen atoms in total. The Labute approximate surface area is 117 Å². The average Bonchev–Trinajstić information content (AvgIpc) is 2.36. The summed E-state index contributed by atoms with van der Waals surface area (Å²) in [7, 11) is 2.08. The molecule has 0 aliphatic heterocycles. The van der Waals surface area contributed by atoms with Gasteiger partial charge in [0.05, 0.1) is 12.7 Å². The topological polar surface area (TPSA) is 32.7 Å². The molecule has 0 aliphatic rings. The Balaban J connectivity index is 2.21. The SMILES string of the molecule is Cc1ccc(C)c(OCCCN(C)CCC(C)O)c1. The molecule has 1 N–H and O–H groups in total. The Morgan fingerprint density at radius 2 is 2.00 bits per heavy atom. The lowest BCUT2D eigenvalue weighted by Crippen LogP contribution is -2.24. The van der Waals surface area contributed by atoms with Crippen molar-refractivity contribution < 1.29 is 9.84 Å². The van der Waals surface area contributed by atoms with Gasteiger partial charge in [0.1, 0.15) is 5.75 Å². The molecule has 0 aromatic heterocycles. The summed E-state index contributed by atoms with van der Waals surface area (Å²) >= 11 is 0. The smallest absolute Gasteiger partial charge is 0.122 e. The maximum atomic E-state index is 9.23. The van der Waals surface area contributed by atoms with Crippen LogP contribution in [0.1, 0.15) is 30.9 Å². The number of aliphatic hydroxyl groups excluding tert-OH is 1. The van der Waals surface area contributed by atoms with Gasteiger partial charge in [0.25, 0.3) is 0 Å². The van der Waals surface area contributed by atoms with Crippen LogP contribution < -0.4 is 4.74 Å². The molecule has 0 saturated heterocycles. The van der Waals surface area contributed by atoms with Crippen LogP contribution >= 0.6 is 0 Å². The molecule has 0 spiro atoms. The molecule has 0 saturated carbocycles. The fourth-order valence-corrected chi connectivity index (χ4v) is 1.90. The molecule has 0 heterocycles. The van der Waals surface area contributed by atoms with E-state index in [2.05, 4.69) is 44.0 Å². The second kappa shape index (κ2) is 8.18. The molecule has 1 rings (SSSR count). The Kier molecular flexibility index (Phi) is 6.89. The Bertz CT molecular complexity index is 377. The van der Waals surface area contributed by atoms with Crippen LogP contribution in [0.3, 0.4) is 0 Å². The van der Waals surface area contributed by atoms with E-state index in [1.807, 2.05) is 6.92 Å². The molecule has 3 heteroatoms. The minimum atomic E-state index is -0.214. The zero-order valence-corrected chi connectivity index (χ0v) is 12.6. The van der Waals surface area contributed by atoms with Gasteiger partial charge in [0, 0.05) is 13.1 Å². The maximum absolute atomic E-state index is 9.23. The monoisotopic (exact) mass is 265 g/mol. The van der Waals surface area contributed by atoms with Gasteiger partial charge >= 0.3 is 0 Å². The van der Waals surface area contributed by atoms with E-state index in [0.29, 0.717) is 0 Å². The van der Waals surface area contributed by atoms with Gasteiger partial charge in [-0.2, -0.15) is 0 Å². The summed E-state index contributed by atoms with van der Waals surface area (Å²) in [4.78, 5) is 2.24. The highest BCUT2D eigenvalue weighted by molar-refractivity contribution is 5.35. The van der Waals surface area contributed by atoms with Gasteiger partial charge in [-0.15, -0.1) is 0 Å². The van der Waals surface area contributed by atoms with Gasteiger partial charge in [0.15, 0.2) is 0 Å². The van der Waals surface area contributed by atoms with Crippen molar-refractivity contribution in [1.29, 1.82) is 0 Å². The van der Waals surface area contributed by atoms with Crippen molar-refractivity contribution in [1.82, 2.24) is 4.90 Å². The van der Waals surface area contributed by atoms with E-state index < -0.39 is 0 Å². The molecule has 1 atom stereocenters. The number of ether oxygens (including phenoxy) is 1. The van der Waals surface area contributed by atoms with Crippen LogP contribution in [0.25, 0.3) is 0 Å². The van der Waals surface area contributed by atoms with Crippen LogP contribution in [0.5, 0.6) is 5.75 Å². The number of benzene rings is 1. The quantitative estimate of drug-likeness (QED) is 0.734. The van der Waals surface area contributed by atoms with E-state index in [0.717, 1.165) is 38.3 Å². The largest absolute Gasteiger partial charge is 0.493 e. The zero-order valence-electron chi connectivity index (χ0n) is 12.6. The first kappa shape index (κ1) is 16.0. The predicted molar refractivity (Wildman–Crippen MR) is 79.8 cm³/mol. The average molecular weight is 265 g/mol. The first-order chi connectivity index (χ1) is 8.99. The number of nitrogens with zero attached hydrogens (tertiary/aromatic N) is 1. The number of hydrogen-bond donors (Lipinski definition) is 1. The van der Waals surface area contributed by atoms with E-state index >= 15 is 0 Å². The van der Waals surface area contributed by atoms with Gasteiger partial charge in [0.2, 0.25) is 0 Å². The van der Waals surface area contributed by atoms with Crippen LogP contribution in [0, 0.1) is 13.8 Å². The maximum Gasteiger partial charge on any atom is 0.122 e. The standard InChI is InChI=1S/C16H27NO2/c1-13-6-7-14(2)16(12-13)19-11-5-9-17(4)10-8-15(3)18/h6-7,12,15,18H,5,8-11H2,1-4H3. The lowest BCUT2D eigenvalue weighted by Gasteiger charge is -2.17. The first-order valence-electron chi connectivity index (χ1n) is 7.05. The number of hydrogen-bond acceptors (Lipinski definition) is 3. The predicted octanol–water partition coefficient (Wildman–Crippen LogP) is 2.78. The summed E-state index contributed by atoms with van der Waals surface area (Å²) in [6, 6.07) is 6.29. The number of aryl methyl sites for hydroxylation is 2. The van der Waals surface area contributed by atoms with E-state index in [4.69, 9.17) is 4.74 Å². The van der Waals surface area contributed by atoms with Crippen LogP contribution in [-0.4, -0.2) is 42.9 Å². The van der Waals surface area contributed by atoms with Crippen molar-refractivity contribution in [3.8, 4) is 5.75 Å². The van der Waals surface area contributed by atoms with Gasteiger partial charge < -0.3 is 14.7 Å². The zero-order chi connectivity index (χ0) is 14.3. The van der Waals surface area contributed by atoms with Crippen LogP contribution in [-0.2, 0) is 0 Å². The highest BCUT2D eigenvalue weighted by Gasteiger charge is 2.03. The Hall–Kier alpha value is -1.06. The lowest BCUT2D eigenvalue weighted by molar-refractivity contribution is 0.161. The molecular weight excluding hydrogens is 238 g/mol. The minimum absolute atomic E-state index is 0.214. The van der Waals surface area contributed by atoms with Crippen molar-refractivity contribution in [3.63, 3.8) is 0 Å². The summed E-state index contributed by atoms with van der Waals surface area (Å²) in [6.45, 7) is 8.65. The highest BCUT2D eigenvalue weighted by atomic mass is 16.5. The van der Waals surface area contributed by atoms with E-state index in [-0.39, 0.29) is 6.10 Å². The van der Waals surface area contributed by atoms with Crippen molar-refractivity contribution in [2.45, 2.75) is 39.7 Å². The first-order valence-corrected chi connectivity index (χ1v) is 7.05. The number of rotatable bonds is 8. The molecule has 0 amide bonds. The van der Waals surface area contributed by atoms with E-state index in [1.54, 1.807) is 0 Å². The van der Waals surface area contributed by atoms with E-state index in [1.165, 1.54) is 11.1 Å². The minimum Gasteiger partial charge on any atom is -0.493 e. The fraction of sp³-hybridized carbons (Fsp3) is 0.625. The molecule has 1 aromatic carbocycles. The third kappa shape index (κ3) is 6.60. The van der Waals surface area contributed by atoms with Crippen LogP contribution in [0.15, 0.2) is 18.2 Å². The third-order valence-electron chi connectivity index (χ3n) is 3.21.